The van der Waals surface area contributed by atoms with Gasteiger partial charge in [0.05, 0.1) is 12.6 Å². The maximum absolute atomic E-state index is 14.1. The lowest BCUT2D eigenvalue weighted by atomic mass is 9.86. The average Bonchev–Trinajstić information content (AvgIpc) is 2.77. The normalized spacial score (nSPS) is 19.9. The van der Waals surface area contributed by atoms with Crippen molar-refractivity contribution in [1.82, 2.24) is 5.32 Å². The van der Waals surface area contributed by atoms with Crippen LogP contribution in [0.3, 0.4) is 0 Å². The number of carboxylic acids is 1. The smallest absolute Gasteiger partial charge is 0.305 e. The summed E-state index contributed by atoms with van der Waals surface area (Å²) in [4.78, 5) is 22.2. The highest BCUT2D eigenvalue weighted by atomic mass is 32.2. The van der Waals surface area contributed by atoms with Gasteiger partial charge in [-0.1, -0.05) is 44.7 Å². The lowest BCUT2D eigenvalue weighted by Gasteiger charge is -2.19. The molecule has 0 saturated carbocycles. The first-order valence-electron chi connectivity index (χ1n) is 7.27. The molecule has 1 aliphatic rings. The van der Waals surface area contributed by atoms with Gasteiger partial charge in [-0.05, 0) is 22.6 Å². The molecule has 2 rings (SSSR count). The maximum atomic E-state index is 14.1. The molecule has 6 nitrogen and oxygen atoms in total. The molecule has 1 fully saturated rings. The molecule has 24 heavy (non-hydrogen) atoms. The summed E-state index contributed by atoms with van der Waals surface area (Å²) in [6, 6.07) is 4.82. The maximum Gasteiger partial charge on any atom is 0.305 e. The van der Waals surface area contributed by atoms with Gasteiger partial charge in [0.25, 0.3) is 0 Å². The number of aliphatic carboxylic acids is 1. The minimum absolute atomic E-state index is 0.231. The standard InChI is InChI=1S/C16H18FN3O3S/c1-16(2,3)10-5-4-9(6-11(10)17)8-18-20-15-19-14(23)12(24-15)7-13(21)22/h4-6,8,12H,7H2,1-3H3,(H,21,22)(H,19,20,23)/b18-8-. The number of halogens is 1. The van der Waals surface area contributed by atoms with E-state index in [-0.39, 0.29) is 22.8 Å². The number of benzene rings is 1. The molecule has 0 aromatic heterocycles. The highest BCUT2D eigenvalue weighted by Crippen LogP contribution is 2.25. The Bertz CT molecular complexity index is 726. The number of rotatable bonds is 4. The first kappa shape index (κ1) is 18.1. The number of nitrogens with one attached hydrogen (secondary N) is 1. The number of amidine groups is 1. The number of thioether (sulfide) groups is 1. The van der Waals surface area contributed by atoms with E-state index < -0.39 is 17.1 Å². The van der Waals surface area contributed by atoms with Crippen molar-refractivity contribution in [3.8, 4) is 0 Å². The monoisotopic (exact) mass is 351 g/mol. The Hall–Kier alpha value is -2.22. The van der Waals surface area contributed by atoms with Crippen molar-refractivity contribution in [2.45, 2.75) is 37.9 Å². The van der Waals surface area contributed by atoms with Gasteiger partial charge in [-0.25, -0.2) is 4.39 Å². The third-order valence-electron chi connectivity index (χ3n) is 3.29. The van der Waals surface area contributed by atoms with Crippen LogP contribution in [0, 0.1) is 5.82 Å². The number of carbonyl (C=O) groups excluding carboxylic acids is 1. The molecule has 1 heterocycles. The number of nitrogens with zero attached hydrogens (tertiary/aromatic N) is 2. The molecule has 0 radical (unpaired) electrons. The van der Waals surface area contributed by atoms with Gasteiger partial charge in [-0.3, -0.25) is 9.59 Å². The van der Waals surface area contributed by atoms with E-state index in [0.29, 0.717) is 11.1 Å². The number of amides is 1. The largest absolute Gasteiger partial charge is 0.481 e. The van der Waals surface area contributed by atoms with Crippen LogP contribution in [-0.2, 0) is 15.0 Å². The van der Waals surface area contributed by atoms with E-state index in [1.54, 1.807) is 12.1 Å². The summed E-state index contributed by atoms with van der Waals surface area (Å²) in [7, 11) is 0. The number of hydrogen-bond acceptors (Lipinski definition) is 5. The van der Waals surface area contributed by atoms with Crippen molar-refractivity contribution < 1.29 is 19.1 Å². The van der Waals surface area contributed by atoms with E-state index in [1.165, 1.54) is 12.3 Å². The SMILES string of the molecule is CC(C)(C)c1ccc(/C=N\N=C2\NC(=O)C(CC(=O)O)S2)cc1F. The van der Waals surface area contributed by atoms with Crippen LogP contribution in [0.1, 0.15) is 38.3 Å². The number of carboxylic acid groups (broad SMARTS) is 1. The molecular formula is C16H18FN3O3S. The van der Waals surface area contributed by atoms with Crippen molar-refractivity contribution in [2.75, 3.05) is 0 Å². The topological polar surface area (TPSA) is 91.1 Å². The zero-order valence-electron chi connectivity index (χ0n) is 13.5. The van der Waals surface area contributed by atoms with E-state index in [4.69, 9.17) is 5.11 Å². The van der Waals surface area contributed by atoms with E-state index in [2.05, 4.69) is 15.5 Å². The highest BCUT2D eigenvalue weighted by molar-refractivity contribution is 8.15. The van der Waals surface area contributed by atoms with Crippen LogP contribution < -0.4 is 5.32 Å². The first-order chi connectivity index (χ1) is 11.2. The van der Waals surface area contributed by atoms with Gasteiger partial charge in [0.15, 0.2) is 5.17 Å². The quantitative estimate of drug-likeness (QED) is 0.644. The number of hydrogen-bond donors (Lipinski definition) is 2. The Morgan fingerprint density at radius 3 is 2.75 bits per heavy atom. The van der Waals surface area contributed by atoms with Crippen LogP contribution in [-0.4, -0.2) is 33.6 Å². The molecule has 1 atom stereocenters. The van der Waals surface area contributed by atoms with Crippen LogP contribution in [0.2, 0.25) is 0 Å². The van der Waals surface area contributed by atoms with Crippen molar-refractivity contribution in [2.24, 2.45) is 10.2 Å². The van der Waals surface area contributed by atoms with Gasteiger partial charge < -0.3 is 10.4 Å². The minimum Gasteiger partial charge on any atom is -0.481 e. The summed E-state index contributed by atoms with van der Waals surface area (Å²) in [6.07, 6.45) is 1.10. The van der Waals surface area contributed by atoms with Gasteiger partial charge in [0, 0.05) is 0 Å². The fourth-order valence-electron chi connectivity index (χ4n) is 2.11. The van der Waals surface area contributed by atoms with E-state index in [1.807, 2.05) is 20.8 Å². The van der Waals surface area contributed by atoms with Gasteiger partial charge in [0.1, 0.15) is 11.1 Å². The number of carbonyl (C=O) groups is 2. The zero-order valence-corrected chi connectivity index (χ0v) is 14.4. The Labute approximate surface area is 143 Å². The fourth-order valence-corrected chi connectivity index (χ4v) is 3.03. The van der Waals surface area contributed by atoms with E-state index in [9.17, 15) is 14.0 Å². The van der Waals surface area contributed by atoms with Gasteiger partial charge in [-0.15, -0.1) is 5.10 Å². The molecule has 8 heteroatoms. The second-order valence-electron chi connectivity index (χ2n) is 6.33. The molecule has 128 valence electrons. The summed E-state index contributed by atoms with van der Waals surface area (Å²) in [6.45, 7) is 5.79. The minimum atomic E-state index is -1.05. The lowest BCUT2D eigenvalue weighted by Crippen LogP contribution is -2.26. The van der Waals surface area contributed by atoms with Crippen LogP contribution >= 0.6 is 11.8 Å². The van der Waals surface area contributed by atoms with Gasteiger partial charge in [-0.2, -0.15) is 5.10 Å². The summed E-state index contributed by atoms with van der Waals surface area (Å²) in [5.41, 5.74) is 0.867. The second kappa shape index (κ2) is 7.12. The molecule has 0 aliphatic carbocycles. The van der Waals surface area contributed by atoms with Crippen molar-refractivity contribution in [3.63, 3.8) is 0 Å². The fraction of sp³-hybridized carbons (Fsp3) is 0.375. The zero-order chi connectivity index (χ0) is 17.9. The second-order valence-corrected chi connectivity index (χ2v) is 7.52. The molecule has 1 aromatic carbocycles. The molecular weight excluding hydrogens is 333 g/mol. The third-order valence-corrected chi connectivity index (χ3v) is 4.37. The predicted molar refractivity (Wildman–Crippen MR) is 91.9 cm³/mol. The molecule has 1 aromatic rings. The molecule has 1 unspecified atom stereocenters. The predicted octanol–water partition coefficient (Wildman–Crippen LogP) is 2.52. The van der Waals surface area contributed by atoms with Crippen molar-refractivity contribution in [1.29, 1.82) is 0 Å². The van der Waals surface area contributed by atoms with Crippen LogP contribution in [0.4, 0.5) is 4.39 Å². The average molecular weight is 351 g/mol. The Morgan fingerprint density at radius 2 is 2.17 bits per heavy atom. The molecule has 1 amide bonds. The molecule has 0 bridgehead atoms. The van der Waals surface area contributed by atoms with Gasteiger partial charge in [0.2, 0.25) is 5.91 Å². The molecule has 2 N–H and O–H groups in total. The van der Waals surface area contributed by atoms with Crippen molar-refractivity contribution >= 4 is 35.0 Å². The summed E-state index contributed by atoms with van der Waals surface area (Å²) in [5.74, 6) is -1.78. The highest BCUT2D eigenvalue weighted by Gasteiger charge is 2.32. The lowest BCUT2D eigenvalue weighted by molar-refractivity contribution is -0.138. The Morgan fingerprint density at radius 1 is 1.46 bits per heavy atom. The van der Waals surface area contributed by atoms with Crippen molar-refractivity contribution in [3.05, 3.63) is 35.1 Å². The molecule has 1 aliphatic heterocycles. The Kier molecular flexibility index (Phi) is 5.38. The first-order valence-corrected chi connectivity index (χ1v) is 8.15. The summed E-state index contributed by atoms with van der Waals surface area (Å²) < 4.78 is 14.1. The molecule has 0 spiro atoms. The molecule has 1 saturated heterocycles. The van der Waals surface area contributed by atoms with E-state index >= 15 is 0 Å². The third kappa shape index (κ3) is 4.64. The Balaban J connectivity index is 2.06. The van der Waals surface area contributed by atoms with Crippen LogP contribution in [0.15, 0.2) is 28.4 Å². The van der Waals surface area contributed by atoms with Gasteiger partial charge >= 0.3 is 5.97 Å². The van der Waals surface area contributed by atoms with Crippen LogP contribution in [0.25, 0.3) is 0 Å². The summed E-state index contributed by atoms with van der Waals surface area (Å²) in [5, 5.41) is 18.3. The summed E-state index contributed by atoms with van der Waals surface area (Å²) >= 11 is 1.01. The van der Waals surface area contributed by atoms with E-state index in [0.717, 1.165) is 11.8 Å². The van der Waals surface area contributed by atoms with Crippen LogP contribution in [0.5, 0.6) is 0 Å².